The predicted octanol–water partition coefficient (Wildman–Crippen LogP) is 3.99. The SMILES string of the molecule is O=C(CN(C(=O)Cc1ccc(C(=O)NO)cc1F)c1ccccc1C(F)(F)F)NC1CCCCC1. The number of carbonyl (C=O) groups excluding carboxylic acids is 3. The van der Waals surface area contributed by atoms with E-state index in [0.29, 0.717) is 4.90 Å². The Bertz CT molecular complexity index is 1080. The summed E-state index contributed by atoms with van der Waals surface area (Å²) in [5, 5.41) is 11.5. The van der Waals surface area contributed by atoms with E-state index in [1.165, 1.54) is 17.6 Å². The van der Waals surface area contributed by atoms with Crippen molar-refractivity contribution in [2.45, 2.75) is 50.7 Å². The third-order valence-corrected chi connectivity index (χ3v) is 5.83. The lowest BCUT2D eigenvalue weighted by molar-refractivity contribution is -0.137. The molecule has 0 heterocycles. The van der Waals surface area contributed by atoms with E-state index in [2.05, 4.69) is 5.32 Å². The molecular weight excluding hydrogens is 470 g/mol. The zero-order chi connectivity index (χ0) is 25.6. The molecule has 0 aromatic heterocycles. The van der Waals surface area contributed by atoms with Gasteiger partial charge >= 0.3 is 6.18 Å². The quantitative estimate of drug-likeness (QED) is 0.307. The number of nitrogens with one attached hydrogen (secondary N) is 2. The van der Waals surface area contributed by atoms with Gasteiger partial charge in [-0.25, -0.2) is 9.87 Å². The molecule has 0 atom stereocenters. The number of hydrogen-bond acceptors (Lipinski definition) is 4. The highest BCUT2D eigenvalue weighted by atomic mass is 19.4. The monoisotopic (exact) mass is 495 g/mol. The van der Waals surface area contributed by atoms with E-state index in [-0.39, 0.29) is 17.2 Å². The number of anilines is 1. The van der Waals surface area contributed by atoms with Gasteiger partial charge in [-0.3, -0.25) is 19.6 Å². The molecule has 11 heteroatoms. The summed E-state index contributed by atoms with van der Waals surface area (Å²) < 4.78 is 55.5. The number of nitrogens with zero attached hydrogens (tertiary/aromatic N) is 1. The zero-order valence-corrected chi connectivity index (χ0v) is 18.7. The van der Waals surface area contributed by atoms with Crippen molar-refractivity contribution < 1.29 is 37.2 Å². The van der Waals surface area contributed by atoms with Gasteiger partial charge in [-0.1, -0.05) is 37.5 Å². The van der Waals surface area contributed by atoms with E-state index in [9.17, 15) is 31.9 Å². The molecule has 1 saturated carbocycles. The first-order chi connectivity index (χ1) is 16.6. The van der Waals surface area contributed by atoms with Crippen molar-refractivity contribution in [3.8, 4) is 0 Å². The number of para-hydroxylation sites is 1. The average molecular weight is 495 g/mol. The minimum Gasteiger partial charge on any atom is -0.352 e. The predicted molar refractivity (Wildman–Crippen MR) is 118 cm³/mol. The number of amides is 3. The Morgan fingerprint density at radius 1 is 1.03 bits per heavy atom. The van der Waals surface area contributed by atoms with Gasteiger partial charge in [0.25, 0.3) is 5.91 Å². The molecule has 2 aromatic rings. The summed E-state index contributed by atoms with van der Waals surface area (Å²) in [5.41, 5.74) is -0.668. The van der Waals surface area contributed by atoms with Crippen molar-refractivity contribution in [1.29, 1.82) is 0 Å². The van der Waals surface area contributed by atoms with Crippen LogP contribution in [0.1, 0.15) is 53.6 Å². The van der Waals surface area contributed by atoms with E-state index >= 15 is 0 Å². The number of alkyl halides is 3. The molecule has 0 radical (unpaired) electrons. The second-order valence-corrected chi connectivity index (χ2v) is 8.32. The number of hydroxylamine groups is 1. The smallest absolute Gasteiger partial charge is 0.352 e. The van der Waals surface area contributed by atoms with Crippen molar-refractivity contribution in [3.63, 3.8) is 0 Å². The highest BCUT2D eigenvalue weighted by Crippen LogP contribution is 2.36. The first-order valence-electron chi connectivity index (χ1n) is 11.1. The first-order valence-corrected chi connectivity index (χ1v) is 11.1. The molecule has 188 valence electrons. The van der Waals surface area contributed by atoms with Crippen LogP contribution >= 0.6 is 0 Å². The molecule has 3 amide bonds. The summed E-state index contributed by atoms with van der Waals surface area (Å²) >= 11 is 0. The Hall–Kier alpha value is -3.47. The van der Waals surface area contributed by atoms with Gasteiger partial charge < -0.3 is 10.2 Å². The summed E-state index contributed by atoms with van der Waals surface area (Å²) in [4.78, 5) is 38.0. The van der Waals surface area contributed by atoms with Gasteiger partial charge in [-0.15, -0.1) is 0 Å². The maximum Gasteiger partial charge on any atom is 0.418 e. The number of halogens is 4. The number of carbonyl (C=O) groups is 3. The van der Waals surface area contributed by atoms with Crippen LogP contribution in [0.2, 0.25) is 0 Å². The van der Waals surface area contributed by atoms with E-state index in [0.717, 1.165) is 62.4 Å². The number of rotatable bonds is 7. The van der Waals surface area contributed by atoms with Gasteiger partial charge in [-0.05, 0) is 42.7 Å². The topological polar surface area (TPSA) is 98.7 Å². The van der Waals surface area contributed by atoms with Crippen LogP contribution in [0.3, 0.4) is 0 Å². The molecule has 2 aromatic carbocycles. The maximum atomic E-state index is 14.5. The lowest BCUT2D eigenvalue weighted by Crippen LogP contribution is -2.46. The van der Waals surface area contributed by atoms with Crippen LogP contribution in [0.4, 0.5) is 23.2 Å². The minimum absolute atomic E-state index is 0.117. The summed E-state index contributed by atoms with van der Waals surface area (Å²) in [6.07, 6.45) is -1.06. The molecule has 1 fully saturated rings. The van der Waals surface area contributed by atoms with Gasteiger partial charge in [0, 0.05) is 11.6 Å². The molecule has 3 rings (SSSR count). The van der Waals surface area contributed by atoms with Crippen molar-refractivity contribution in [2.75, 3.05) is 11.4 Å². The summed E-state index contributed by atoms with van der Waals surface area (Å²) in [5.74, 6) is -3.48. The molecule has 7 nitrogen and oxygen atoms in total. The Labute approximate surface area is 199 Å². The van der Waals surface area contributed by atoms with Gasteiger partial charge in [0.2, 0.25) is 11.8 Å². The van der Waals surface area contributed by atoms with Crippen LogP contribution in [0.15, 0.2) is 42.5 Å². The summed E-state index contributed by atoms with van der Waals surface area (Å²) in [6.45, 7) is -0.672. The molecule has 0 aliphatic heterocycles. The van der Waals surface area contributed by atoms with Crippen LogP contribution in [0.25, 0.3) is 0 Å². The largest absolute Gasteiger partial charge is 0.418 e. The highest BCUT2D eigenvalue weighted by molar-refractivity contribution is 6.00. The molecule has 0 spiro atoms. The molecule has 0 unspecified atom stereocenters. The van der Waals surface area contributed by atoms with E-state index in [1.54, 1.807) is 0 Å². The second-order valence-electron chi connectivity index (χ2n) is 8.32. The molecule has 1 aliphatic carbocycles. The number of benzene rings is 2. The van der Waals surface area contributed by atoms with Crippen molar-refractivity contribution in [3.05, 3.63) is 65.0 Å². The first kappa shape index (κ1) is 26.1. The van der Waals surface area contributed by atoms with E-state index in [4.69, 9.17) is 5.21 Å². The normalized spacial score (nSPS) is 14.3. The Kier molecular flexibility index (Phi) is 8.44. The van der Waals surface area contributed by atoms with E-state index in [1.807, 2.05) is 0 Å². The fourth-order valence-corrected chi connectivity index (χ4v) is 4.08. The lowest BCUT2D eigenvalue weighted by Gasteiger charge is -2.28. The molecular formula is C24H25F4N3O4. The van der Waals surface area contributed by atoms with Crippen LogP contribution < -0.4 is 15.7 Å². The van der Waals surface area contributed by atoms with Gasteiger partial charge in [0.1, 0.15) is 12.4 Å². The van der Waals surface area contributed by atoms with Crippen LogP contribution in [-0.4, -0.2) is 35.5 Å². The van der Waals surface area contributed by atoms with Gasteiger partial charge in [0.15, 0.2) is 0 Å². The Balaban J connectivity index is 1.88. The molecule has 0 saturated heterocycles. The Morgan fingerprint density at radius 2 is 1.71 bits per heavy atom. The van der Waals surface area contributed by atoms with Crippen molar-refractivity contribution in [2.24, 2.45) is 0 Å². The molecule has 35 heavy (non-hydrogen) atoms. The zero-order valence-electron chi connectivity index (χ0n) is 18.7. The fraction of sp³-hybridized carbons (Fsp3) is 0.375. The maximum absolute atomic E-state index is 14.5. The standard InChI is InChI=1S/C24H25F4N3O4/c25-19-12-16(23(34)30-35)11-10-15(19)13-22(33)31(14-21(32)29-17-6-2-1-3-7-17)20-9-5-4-8-18(20)24(26,27)28/h4-5,8-12,17,35H,1-3,6-7,13-14H2,(H,29,32)(H,30,34). The third kappa shape index (κ3) is 6.78. The lowest BCUT2D eigenvalue weighted by atomic mass is 9.95. The minimum atomic E-state index is -4.79. The van der Waals surface area contributed by atoms with Crippen LogP contribution in [0.5, 0.6) is 0 Å². The van der Waals surface area contributed by atoms with Crippen molar-refractivity contribution in [1.82, 2.24) is 10.8 Å². The molecule has 0 bridgehead atoms. The summed E-state index contributed by atoms with van der Waals surface area (Å²) in [6, 6.07) is 7.31. The van der Waals surface area contributed by atoms with Crippen LogP contribution in [0, 0.1) is 5.82 Å². The third-order valence-electron chi connectivity index (χ3n) is 5.83. The van der Waals surface area contributed by atoms with Crippen LogP contribution in [-0.2, 0) is 22.2 Å². The summed E-state index contributed by atoms with van der Waals surface area (Å²) in [7, 11) is 0. The number of hydrogen-bond donors (Lipinski definition) is 3. The van der Waals surface area contributed by atoms with Gasteiger partial charge in [-0.2, -0.15) is 13.2 Å². The molecule has 3 N–H and O–H groups in total. The average Bonchev–Trinajstić information content (AvgIpc) is 2.83. The van der Waals surface area contributed by atoms with E-state index < -0.39 is 53.9 Å². The molecule has 1 aliphatic rings. The van der Waals surface area contributed by atoms with Crippen molar-refractivity contribution >= 4 is 23.4 Å². The second kappa shape index (κ2) is 11.3. The Morgan fingerprint density at radius 3 is 2.34 bits per heavy atom. The highest BCUT2D eigenvalue weighted by Gasteiger charge is 2.36. The van der Waals surface area contributed by atoms with Gasteiger partial charge in [0.05, 0.1) is 17.7 Å². The fourth-order valence-electron chi connectivity index (χ4n) is 4.08.